The summed E-state index contributed by atoms with van der Waals surface area (Å²) in [5, 5.41) is 11.0. The van der Waals surface area contributed by atoms with E-state index in [9.17, 15) is 9.59 Å². The molecule has 0 aromatic carbocycles. The van der Waals surface area contributed by atoms with Gasteiger partial charge in [0.05, 0.1) is 19.2 Å². The van der Waals surface area contributed by atoms with E-state index in [0.29, 0.717) is 0 Å². The molecule has 5 heteroatoms. The summed E-state index contributed by atoms with van der Waals surface area (Å²) in [7, 11) is 0. The molecule has 0 aromatic rings. The van der Waals surface area contributed by atoms with Crippen LogP contribution in [0.4, 0.5) is 4.79 Å². The van der Waals surface area contributed by atoms with Crippen LogP contribution in [0.5, 0.6) is 0 Å². The Morgan fingerprint density at radius 1 is 1.73 bits per heavy atom. The van der Waals surface area contributed by atoms with E-state index >= 15 is 0 Å². The van der Waals surface area contributed by atoms with Crippen molar-refractivity contribution in [1.82, 2.24) is 10.2 Å². The van der Waals surface area contributed by atoms with Gasteiger partial charge in [0.1, 0.15) is 0 Å². The first-order valence-electron chi connectivity index (χ1n) is 3.37. The first-order chi connectivity index (χ1) is 5.16. The maximum atomic E-state index is 10.9. The van der Waals surface area contributed by atoms with Gasteiger partial charge in [-0.25, -0.2) is 4.79 Å². The topological polar surface area (TPSA) is 69.6 Å². The van der Waals surface area contributed by atoms with Gasteiger partial charge in [0.2, 0.25) is 5.91 Å². The first kappa shape index (κ1) is 8.00. The highest BCUT2D eigenvalue weighted by atomic mass is 16.3. The molecular weight excluding hydrogens is 148 g/mol. The highest BCUT2D eigenvalue weighted by molar-refractivity contribution is 6.02. The van der Waals surface area contributed by atoms with Crippen molar-refractivity contribution in [1.29, 1.82) is 0 Å². The molecule has 1 saturated heterocycles. The molecule has 0 aliphatic carbocycles. The van der Waals surface area contributed by atoms with Crippen LogP contribution in [0, 0.1) is 0 Å². The molecule has 0 spiro atoms. The summed E-state index contributed by atoms with van der Waals surface area (Å²) >= 11 is 0. The second-order valence-electron chi connectivity index (χ2n) is 2.45. The summed E-state index contributed by atoms with van der Waals surface area (Å²) < 4.78 is 0. The SMILES string of the molecule is C[C@H](CO)N1C(=O)CNC1=O. The van der Waals surface area contributed by atoms with Crippen LogP contribution in [0.15, 0.2) is 0 Å². The molecule has 0 aromatic heterocycles. The lowest BCUT2D eigenvalue weighted by molar-refractivity contribution is -0.126. The van der Waals surface area contributed by atoms with Crippen LogP contribution in [0.25, 0.3) is 0 Å². The van der Waals surface area contributed by atoms with Crippen molar-refractivity contribution in [3.8, 4) is 0 Å². The minimum Gasteiger partial charge on any atom is -0.394 e. The highest BCUT2D eigenvalue weighted by Crippen LogP contribution is 2.04. The third-order valence-electron chi connectivity index (χ3n) is 1.58. The summed E-state index contributed by atoms with van der Waals surface area (Å²) in [5.41, 5.74) is 0. The molecule has 2 N–H and O–H groups in total. The second-order valence-corrected chi connectivity index (χ2v) is 2.45. The molecule has 1 rings (SSSR count). The number of rotatable bonds is 2. The van der Waals surface area contributed by atoms with Gasteiger partial charge in [-0.05, 0) is 6.92 Å². The Kier molecular flexibility index (Phi) is 2.09. The van der Waals surface area contributed by atoms with Gasteiger partial charge in [0.15, 0.2) is 0 Å². The summed E-state index contributed by atoms with van der Waals surface area (Å²) in [4.78, 5) is 22.8. The highest BCUT2D eigenvalue weighted by Gasteiger charge is 2.31. The Morgan fingerprint density at radius 3 is 2.73 bits per heavy atom. The summed E-state index contributed by atoms with van der Waals surface area (Å²) in [5.74, 6) is -0.281. The molecule has 1 aliphatic heterocycles. The number of imide groups is 1. The van der Waals surface area contributed by atoms with Crippen molar-refractivity contribution in [2.24, 2.45) is 0 Å². The van der Waals surface area contributed by atoms with Gasteiger partial charge in [-0.1, -0.05) is 0 Å². The van der Waals surface area contributed by atoms with Crippen molar-refractivity contribution in [3.63, 3.8) is 0 Å². The largest absolute Gasteiger partial charge is 0.394 e. The summed E-state index contributed by atoms with van der Waals surface area (Å²) in [6, 6.07) is -0.846. The lowest BCUT2D eigenvalue weighted by Crippen LogP contribution is -2.40. The molecule has 0 unspecified atom stereocenters. The van der Waals surface area contributed by atoms with Gasteiger partial charge in [-0.2, -0.15) is 0 Å². The van der Waals surface area contributed by atoms with E-state index in [0.717, 1.165) is 4.90 Å². The van der Waals surface area contributed by atoms with E-state index < -0.39 is 12.1 Å². The molecule has 0 bridgehead atoms. The van der Waals surface area contributed by atoms with E-state index in [2.05, 4.69) is 5.32 Å². The monoisotopic (exact) mass is 158 g/mol. The molecule has 0 saturated carbocycles. The van der Waals surface area contributed by atoms with Crippen LogP contribution >= 0.6 is 0 Å². The van der Waals surface area contributed by atoms with Crippen molar-refractivity contribution in [2.45, 2.75) is 13.0 Å². The number of nitrogens with one attached hydrogen (secondary N) is 1. The molecule has 1 heterocycles. The molecule has 1 fully saturated rings. The van der Waals surface area contributed by atoms with Crippen LogP contribution in [0.1, 0.15) is 6.92 Å². The van der Waals surface area contributed by atoms with Gasteiger partial charge in [-0.15, -0.1) is 0 Å². The summed E-state index contributed by atoms with van der Waals surface area (Å²) in [6.07, 6.45) is 0. The average molecular weight is 158 g/mol. The Morgan fingerprint density at radius 2 is 2.36 bits per heavy atom. The zero-order valence-corrected chi connectivity index (χ0v) is 6.20. The second kappa shape index (κ2) is 2.87. The third-order valence-corrected chi connectivity index (χ3v) is 1.58. The minimum absolute atomic E-state index is 0.0448. The Labute approximate surface area is 64.0 Å². The van der Waals surface area contributed by atoms with Crippen LogP contribution in [0.3, 0.4) is 0 Å². The lowest BCUT2D eigenvalue weighted by Gasteiger charge is -2.18. The van der Waals surface area contributed by atoms with Crippen LogP contribution in [-0.2, 0) is 4.79 Å². The van der Waals surface area contributed by atoms with E-state index in [1.807, 2.05) is 0 Å². The van der Waals surface area contributed by atoms with Crippen LogP contribution in [0.2, 0.25) is 0 Å². The maximum absolute atomic E-state index is 10.9. The average Bonchev–Trinajstić information content (AvgIpc) is 2.30. The lowest BCUT2D eigenvalue weighted by atomic mass is 10.3. The van der Waals surface area contributed by atoms with Crippen molar-refractivity contribution >= 4 is 11.9 Å². The molecule has 3 amide bonds. The van der Waals surface area contributed by atoms with Crippen LogP contribution in [-0.4, -0.2) is 41.1 Å². The number of aliphatic hydroxyl groups excluding tert-OH is 1. The third kappa shape index (κ3) is 1.32. The molecule has 0 radical (unpaired) electrons. The van der Waals surface area contributed by atoms with Crippen LogP contribution < -0.4 is 5.32 Å². The predicted octanol–water partition coefficient (Wildman–Crippen LogP) is -1.08. The van der Waals surface area contributed by atoms with E-state index in [1.54, 1.807) is 6.92 Å². The van der Waals surface area contributed by atoms with E-state index in [4.69, 9.17) is 5.11 Å². The Hall–Kier alpha value is -1.10. The number of nitrogens with zero attached hydrogens (tertiary/aromatic N) is 1. The van der Waals surface area contributed by atoms with Gasteiger partial charge < -0.3 is 10.4 Å². The number of hydrogen-bond donors (Lipinski definition) is 2. The number of hydrogen-bond acceptors (Lipinski definition) is 3. The van der Waals surface area contributed by atoms with Gasteiger partial charge in [0.25, 0.3) is 0 Å². The maximum Gasteiger partial charge on any atom is 0.324 e. The number of aliphatic hydroxyl groups is 1. The molecule has 5 nitrogen and oxygen atoms in total. The van der Waals surface area contributed by atoms with Crippen molar-refractivity contribution in [2.75, 3.05) is 13.2 Å². The smallest absolute Gasteiger partial charge is 0.324 e. The fourth-order valence-corrected chi connectivity index (χ4v) is 0.962. The fraction of sp³-hybridized carbons (Fsp3) is 0.667. The predicted molar refractivity (Wildman–Crippen MR) is 36.8 cm³/mol. The quantitative estimate of drug-likeness (QED) is 0.502. The molecule has 1 aliphatic rings. The first-order valence-corrected chi connectivity index (χ1v) is 3.37. The van der Waals surface area contributed by atoms with Gasteiger partial charge in [-0.3, -0.25) is 9.69 Å². The number of amides is 3. The molecule has 1 atom stereocenters. The minimum atomic E-state index is -0.426. The number of carbonyl (C=O) groups is 2. The fourth-order valence-electron chi connectivity index (χ4n) is 0.962. The zero-order chi connectivity index (χ0) is 8.43. The zero-order valence-electron chi connectivity index (χ0n) is 6.20. The molecule has 62 valence electrons. The normalized spacial score (nSPS) is 20.4. The van der Waals surface area contributed by atoms with Gasteiger partial charge in [0, 0.05) is 0 Å². The summed E-state index contributed by atoms with van der Waals surface area (Å²) in [6.45, 7) is 1.46. The standard InChI is InChI=1S/C6H10N2O3/c1-4(3-9)8-5(10)2-7-6(8)11/h4,9H,2-3H2,1H3,(H,7,11)/t4-/m1/s1. The van der Waals surface area contributed by atoms with Gasteiger partial charge >= 0.3 is 6.03 Å². The van der Waals surface area contributed by atoms with E-state index in [-0.39, 0.29) is 19.1 Å². The van der Waals surface area contributed by atoms with Crippen molar-refractivity contribution in [3.05, 3.63) is 0 Å². The Balaban J connectivity index is 2.68. The number of carbonyl (C=O) groups excluding carboxylic acids is 2. The Bertz CT molecular complexity index is 176. The number of urea groups is 1. The molecule has 11 heavy (non-hydrogen) atoms. The van der Waals surface area contributed by atoms with E-state index in [1.165, 1.54) is 0 Å². The van der Waals surface area contributed by atoms with Crippen molar-refractivity contribution < 1.29 is 14.7 Å². The molecular formula is C6H10N2O3.